The second kappa shape index (κ2) is 7.64. The largest absolute Gasteiger partial charge is 0.309 e. The fourth-order valence-electron chi connectivity index (χ4n) is 2.59. The summed E-state index contributed by atoms with van der Waals surface area (Å²) in [6.07, 6.45) is 0.926. The van der Waals surface area contributed by atoms with Gasteiger partial charge in [0.05, 0.1) is 4.90 Å². The molecule has 0 fully saturated rings. The van der Waals surface area contributed by atoms with Gasteiger partial charge in [0.1, 0.15) is 4.87 Å². The van der Waals surface area contributed by atoms with Gasteiger partial charge in [0.15, 0.2) is 0 Å². The molecule has 1 unspecified atom stereocenters. The summed E-state index contributed by atoms with van der Waals surface area (Å²) in [6, 6.07) is 16.0. The maximum atomic E-state index is 13.3. The van der Waals surface area contributed by atoms with Crippen LogP contribution in [0.15, 0.2) is 66.1 Å². The van der Waals surface area contributed by atoms with Crippen molar-refractivity contribution >= 4 is 31.3 Å². The average molecular weight is 408 g/mol. The molecule has 0 aromatic heterocycles. The number of alkyl halides is 1. The molecule has 0 spiro atoms. The van der Waals surface area contributed by atoms with Gasteiger partial charge in [-0.1, -0.05) is 70.5 Å². The fourth-order valence-corrected chi connectivity index (χ4v) is 4.64. The number of halogens is 1. The van der Waals surface area contributed by atoms with Crippen molar-refractivity contribution in [2.75, 3.05) is 5.33 Å². The van der Waals surface area contributed by atoms with Gasteiger partial charge in [0.2, 0.25) is 9.84 Å². The second-order valence-corrected chi connectivity index (χ2v) is 8.84. The van der Waals surface area contributed by atoms with Crippen LogP contribution >= 0.6 is 15.9 Å². The molecule has 0 radical (unpaired) electrons. The van der Waals surface area contributed by atoms with Crippen LogP contribution in [-0.2, 0) is 9.84 Å². The number of aryl methyl sites for hydroxylation is 1. The van der Waals surface area contributed by atoms with E-state index in [0.29, 0.717) is 23.7 Å². The highest BCUT2D eigenvalue weighted by Gasteiger charge is 2.43. The third-order valence-electron chi connectivity index (χ3n) is 4.13. The van der Waals surface area contributed by atoms with E-state index in [4.69, 9.17) is 5.73 Å². The highest BCUT2D eigenvalue weighted by molar-refractivity contribution is 9.09. The Labute approximate surface area is 152 Å². The first-order valence-electron chi connectivity index (χ1n) is 7.74. The molecule has 2 aromatic carbocycles. The molecule has 0 aliphatic rings. The topological polar surface area (TPSA) is 60.2 Å². The molecule has 0 aliphatic heterocycles. The van der Waals surface area contributed by atoms with Crippen LogP contribution in [0.2, 0.25) is 0 Å². The Kier molecular flexibility index (Phi) is 6.01. The second-order valence-electron chi connectivity index (χ2n) is 5.84. The van der Waals surface area contributed by atoms with E-state index in [1.807, 2.05) is 37.3 Å². The maximum Gasteiger partial charge on any atom is 0.201 e. The van der Waals surface area contributed by atoms with Gasteiger partial charge < -0.3 is 5.73 Å². The average Bonchev–Trinajstić information content (AvgIpc) is 2.60. The Hall–Kier alpha value is -1.43. The van der Waals surface area contributed by atoms with Crippen molar-refractivity contribution in [3.05, 3.63) is 72.3 Å². The zero-order chi connectivity index (χ0) is 17.8. The van der Waals surface area contributed by atoms with E-state index >= 15 is 0 Å². The highest BCUT2D eigenvalue weighted by atomic mass is 79.9. The number of rotatable bonds is 7. The lowest BCUT2D eigenvalue weighted by Crippen LogP contribution is -2.48. The first-order valence-corrected chi connectivity index (χ1v) is 10.3. The van der Waals surface area contributed by atoms with Crippen LogP contribution in [-0.4, -0.2) is 18.6 Å². The van der Waals surface area contributed by atoms with Crippen LogP contribution in [0.3, 0.4) is 0 Å². The number of nitrogens with two attached hydrogens (primary N) is 1. The molecular formula is C19H22BrNO2S. The monoisotopic (exact) mass is 407 g/mol. The predicted molar refractivity (Wildman–Crippen MR) is 104 cm³/mol. The molecule has 2 aromatic rings. The van der Waals surface area contributed by atoms with Crippen molar-refractivity contribution in [3.63, 3.8) is 0 Å². The predicted octanol–water partition coefficient (Wildman–Crippen LogP) is 4.31. The Morgan fingerprint density at radius 3 is 2.25 bits per heavy atom. The first kappa shape index (κ1) is 18.9. The zero-order valence-corrected chi connectivity index (χ0v) is 16.1. The van der Waals surface area contributed by atoms with Crippen LogP contribution in [0.1, 0.15) is 24.0 Å². The lowest BCUT2D eigenvalue weighted by molar-refractivity contribution is 0.544. The van der Waals surface area contributed by atoms with E-state index in [9.17, 15) is 8.42 Å². The van der Waals surface area contributed by atoms with Crippen molar-refractivity contribution < 1.29 is 8.42 Å². The van der Waals surface area contributed by atoms with E-state index in [0.717, 1.165) is 11.1 Å². The van der Waals surface area contributed by atoms with E-state index < -0.39 is 14.7 Å². The Bertz CT molecular complexity index is 801. The quantitative estimate of drug-likeness (QED) is 0.695. The molecule has 5 heteroatoms. The van der Waals surface area contributed by atoms with Gasteiger partial charge in [0.25, 0.3) is 0 Å². The van der Waals surface area contributed by atoms with Crippen LogP contribution < -0.4 is 5.73 Å². The van der Waals surface area contributed by atoms with Crippen molar-refractivity contribution in [3.8, 4) is 0 Å². The highest BCUT2D eigenvalue weighted by Crippen LogP contribution is 2.36. The summed E-state index contributed by atoms with van der Waals surface area (Å²) in [6.45, 7) is 5.96. The van der Waals surface area contributed by atoms with Crippen molar-refractivity contribution in [1.82, 2.24) is 0 Å². The van der Waals surface area contributed by atoms with E-state index in [2.05, 4.69) is 22.5 Å². The first-order chi connectivity index (χ1) is 11.3. The fraction of sp³-hybridized carbons (Fsp3) is 0.263. The molecule has 2 N–H and O–H groups in total. The molecule has 0 aliphatic carbocycles. The molecular weight excluding hydrogens is 386 g/mol. The summed E-state index contributed by atoms with van der Waals surface area (Å²) in [4.78, 5) is -1.32. The normalized spacial score (nSPS) is 14.1. The number of hydrogen-bond donors (Lipinski definition) is 1. The van der Waals surface area contributed by atoms with Gasteiger partial charge >= 0.3 is 0 Å². The van der Waals surface area contributed by atoms with Gasteiger partial charge in [-0.15, -0.1) is 0 Å². The van der Waals surface area contributed by atoms with Crippen LogP contribution in [0.4, 0.5) is 0 Å². The Balaban J connectivity index is 2.54. The minimum atomic E-state index is -3.78. The van der Waals surface area contributed by atoms with Crippen LogP contribution in [0.25, 0.3) is 5.57 Å². The number of sulfone groups is 1. The summed E-state index contributed by atoms with van der Waals surface area (Å²) < 4.78 is 26.6. The zero-order valence-electron chi connectivity index (χ0n) is 13.7. The van der Waals surface area contributed by atoms with E-state index in [1.165, 1.54) is 0 Å². The molecule has 0 amide bonds. The van der Waals surface area contributed by atoms with Gasteiger partial charge in [-0.25, -0.2) is 8.42 Å². The van der Waals surface area contributed by atoms with Crippen molar-refractivity contribution in [2.24, 2.45) is 5.73 Å². The summed E-state index contributed by atoms with van der Waals surface area (Å²) in [7, 11) is -3.78. The molecule has 0 saturated heterocycles. The van der Waals surface area contributed by atoms with Gasteiger partial charge in [-0.2, -0.15) is 0 Å². The minimum absolute atomic E-state index is 0.224. The third-order valence-corrected chi connectivity index (χ3v) is 6.99. The van der Waals surface area contributed by atoms with Crippen molar-refractivity contribution in [2.45, 2.75) is 29.5 Å². The molecule has 1 atom stereocenters. The lowest BCUT2D eigenvalue weighted by Gasteiger charge is -2.31. The van der Waals surface area contributed by atoms with E-state index in [-0.39, 0.29) is 4.90 Å². The Morgan fingerprint density at radius 1 is 1.12 bits per heavy atom. The van der Waals surface area contributed by atoms with E-state index in [1.54, 1.807) is 24.3 Å². The molecule has 128 valence electrons. The maximum absolute atomic E-state index is 13.3. The third kappa shape index (κ3) is 3.63. The van der Waals surface area contributed by atoms with Crippen LogP contribution in [0, 0.1) is 6.92 Å². The summed E-state index contributed by atoms with van der Waals surface area (Å²) in [5, 5.41) is 0.678. The number of benzene rings is 2. The smallest absolute Gasteiger partial charge is 0.201 e. The Morgan fingerprint density at radius 2 is 1.71 bits per heavy atom. The molecule has 3 nitrogen and oxygen atoms in total. The lowest BCUT2D eigenvalue weighted by atomic mass is 9.97. The van der Waals surface area contributed by atoms with Gasteiger partial charge in [-0.05, 0) is 43.0 Å². The molecule has 0 saturated carbocycles. The summed E-state index contributed by atoms with van der Waals surface area (Å²) in [5.41, 5.74) is 8.66. The molecule has 0 bridgehead atoms. The standard InChI is InChI=1S/C19H22BrNO2S/c1-15-9-11-18(12-10-15)24(22,23)19(21,13-6-14-20)16(2)17-7-4-3-5-8-17/h3-5,7-12H,2,6,13-14,21H2,1H3. The van der Waals surface area contributed by atoms with Gasteiger partial charge in [-0.3, -0.25) is 0 Å². The molecule has 24 heavy (non-hydrogen) atoms. The van der Waals surface area contributed by atoms with Crippen LogP contribution in [0.5, 0.6) is 0 Å². The molecule has 2 rings (SSSR count). The van der Waals surface area contributed by atoms with Crippen molar-refractivity contribution in [1.29, 1.82) is 0 Å². The SMILES string of the molecule is C=C(c1ccccc1)C(N)(CCCBr)S(=O)(=O)c1ccc(C)cc1. The molecule has 0 heterocycles. The van der Waals surface area contributed by atoms with Gasteiger partial charge in [0, 0.05) is 5.33 Å². The minimum Gasteiger partial charge on any atom is -0.309 e. The number of hydrogen-bond acceptors (Lipinski definition) is 3. The summed E-state index contributed by atoms with van der Waals surface area (Å²) >= 11 is 3.36. The summed E-state index contributed by atoms with van der Waals surface area (Å²) in [5.74, 6) is 0.